The standard InChI is InChI=1S/C20H29N3O3/c24-19-8-2-1-3-11-22(19)13-9-20(25)23-12-5-7-18(15-23)26-16-17-6-4-10-21-14-17/h4,6,10,14,18H,1-3,5,7-9,11-13,15-16H2. The summed E-state index contributed by atoms with van der Waals surface area (Å²) in [4.78, 5) is 32.5. The Labute approximate surface area is 155 Å². The summed E-state index contributed by atoms with van der Waals surface area (Å²) in [5, 5.41) is 0. The van der Waals surface area contributed by atoms with Crippen molar-refractivity contribution in [3.05, 3.63) is 30.1 Å². The van der Waals surface area contributed by atoms with Gasteiger partial charge < -0.3 is 14.5 Å². The third kappa shape index (κ3) is 5.53. The maximum atomic E-state index is 12.6. The smallest absolute Gasteiger partial charge is 0.224 e. The first-order valence-corrected chi connectivity index (χ1v) is 9.78. The van der Waals surface area contributed by atoms with Crippen LogP contribution in [-0.4, -0.2) is 58.9 Å². The van der Waals surface area contributed by atoms with Gasteiger partial charge in [0, 0.05) is 51.4 Å². The van der Waals surface area contributed by atoms with E-state index in [4.69, 9.17) is 4.74 Å². The topological polar surface area (TPSA) is 62.7 Å². The predicted octanol–water partition coefficient (Wildman–Crippen LogP) is 2.38. The van der Waals surface area contributed by atoms with Gasteiger partial charge in [-0.2, -0.15) is 0 Å². The summed E-state index contributed by atoms with van der Waals surface area (Å²) in [6.07, 6.45) is 9.76. The fourth-order valence-electron chi connectivity index (χ4n) is 3.66. The number of hydrogen-bond acceptors (Lipinski definition) is 4. The molecule has 26 heavy (non-hydrogen) atoms. The zero-order valence-corrected chi connectivity index (χ0v) is 15.4. The van der Waals surface area contributed by atoms with Crippen LogP contribution in [0.3, 0.4) is 0 Å². The van der Waals surface area contributed by atoms with Crippen LogP contribution in [0.5, 0.6) is 0 Å². The van der Waals surface area contributed by atoms with E-state index in [2.05, 4.69) is 4.98 Å². The van der Waals surface area contributed by atoms with Gasteiger partial charge in [0.25, 0.3) is 0 Å². The minimum absolute atomic E-state index is 0.0766. The van der Waals surface area contributed by atoms with Crippen LogP contribution >= 0.6 is 0 Å². The SMILES string of the molecule is O=C1CCCCCN1CCC(=O)N1CCCC(OCc2cccnc2)C1. The van der Waals surface area contributed by atoms with Crippen LogP contribution in [-0.2, 0) is 20.9 Å². The van der Waals surface area contributed by atoms with Crippen molar-refractivity contribution in [3.63, 3.8) is 0 Å². The molecule has 0 aliphatic carbocycles. The summed E-state index contributed by atoms with van der Waals surface area (Å²) in [6.45, 7) is 3.31. The number of likely N-dealkylation sites (tertiary alicyclic amines) is 2. The van der Waals surface area contributed by atoms with E-state index in [1.54, 1.807) is 6.20 Å². The van der Waals surface area contributed by atoms with Gasteiger partial charge in [0.05, 0.1) is 12.7 Å². The van der Waals surface area contributed by atoms with E-state index in [0.717, 1.165) is 50.8 Å². The van der Waals surface area contributed by atoms with Gasteiger partial charge in [0.1, 0.15) is 0 Å². The van der Waals surface area contributed by atoms with Crippen LogP contribution in [0.15, 0.2) is 24.5 Å². The van der Waals surface area contributed by atoms with Gasteiger partial charge in [-0.05, 0) is 37.3 Å². The molecule has 2 fully saturated rings. The van der Waals surface area contributed by atoms with Gasteiger partial charge in [0.15, 0.2) is 0 Å². The number of hydrogen-bond donors (Lipinski definition) is 0. The van der Waals surface area contributed by atoms with E-state index in [1.165, 1.54) is 0 Å². The number of carbonyl (C=O) groups excluding carboxylic acids is 2. The van der Waals surface area contributed by atoms with Crippen molar-refractivity contribution in [2.45, 2.75) is 57.7 Å². The second kappa shape index (κ2) is 9.67. The molecule has 3 heterocycles. The third-order valence-corrected chi connectivity index (χ3v) is 5.21. The van der Waals surface area contributed by atoms with Crippen molar-refractivity contribution in [1.29, 1.82) is 0 Å². The zero-order chi connectivity index (χ0) is 18.2. The highest BCUT2D eigenvalue weighted by Gasteiger charge is 2.25. The monoisotopic (exact) mass is 359 g/mol. The highest BCUT2D eigenvalue weighted by molar-refractivity contribution is 5.79. The highest BCUT2D eigenvalue weighted by Crippen LogP contribution is 2.17. The molecule has 1 aromatic heterocycles. The molecule has 1 aromatic rings. The first-order valence-electron chi connectivity index (χ1n) is 9.78. The van der Waals surface area contributed by atoms with E-state index in [-0.39, 0.29) is 17.9 Å². The number of aromatic nitrogens is 1. The molecular formula is C20H29N3O3. The third-order valence-electron chi connectivity index (χ3n) is 5.21. The molecule has 6 heteroatoms. The molecule has 1 unspecified atom stereocenters. The Hall–Kier alpha value is -1.95. The molecule has 0 N–H and O–H groups in total. The van der Waals surface area contributed by atoms with Crippen molar-refractivity contribution in [2.24, 2.45) is 0 Å². The maximum Gasteiger partial charge on any atom is 0.224 e. The summed E-state index contributed by atoms with van der Waals surface area (Å²) in [5.41, 5.74) is 1.05. The zero-order valence-electron chi connectivity index (χ0n) is 15.4. The normalized spacial score (nSPS) is 21.5. The maximum absolute atomic E-state index is 12.6. The molecule has 0 bridgehead atoms. The van der Waals surface area contributed by atoms with Crippen LogP contribution in [0.25, 0.3) is 0 Å². The molecule has 0 saturated carbocycles. The molecule has 1 atom stereocenters. The van der Waals surface area contributed by atoms with Gasteiger partial charge in [-0.25, -0.2) is 0 Å². The Morgan fingerprint density at radius 1 is 1.23 bits per heavy atom. The van der Waals surface area contributed by atoms with Crippen molar-refractivity contribution < 1.29 is 14.3 Å². The summed E-state index contributed by atoms with van der Waals surface area (Å²) >= 11 is 0. The van der Waals surface area contributed by atoms with Gasteiger partial charge in [-0.1, -0.05) is 12.5 Å². The van der Waals surface area contributed by atoms with Crippen LogP contribution in [0, 0.1) is 0 Å². The Balaban J connectivity index is 1.43. The van der Waals surface area contributed by atoms with E-state index in [9.17, 15) is 9.59 Å². The van der Waals surface area contributed by atoms with Crippen LogP contribution in [0.4, 0.5) is 0 Å². The first-order chi connectivity index (χ1) is 12.7. The second-order valence-electron chi connectivity index (χ2n) is 7.22. The van der Waals surface area contributed by atoms with Crippen molar-refractivity contribution >= 4 is 11.8 Å². The van der Waals surface area contributed by atoms with Crippen LogP contribution in [0.2, 0.25) is 0 Å². The average molecular weight is 359 g/mol. The molecule has 6 nitrogen and oxygen atoms in total. The molecule has 3 rings (SSSR count). The van der Waals surface area contributed by atoms with E-state index in [0.29, 0.717) is 32.5 Å². The van der Waals surface area contributed by atoms with Gasteiger partial charge in [-0.15, -0.1) is 0 Å². The molecule has 2 saturated heterocycles. The van der Waals surface area contributed by atoms with Crippen molar-refractivity contribution in [3.8, 4) is 0 Å². The minimum Gasteiger partial charge on any atom is -0.372 e. The van der Waals surface area contributed by atoms with Crippen LogP contribution < -0.4 is 0 Å². The molecule has 142 valence electrons. The molecule has 2 amide bonds. The van der Waals surface area contributed by atoms with Gasteiger partial charge in [0.2, 0.25) is 11.8 Å². The Kier molecular flexibility index (Phi) is 7.00. The lowest BCUT2D eigenvalue weighted by Crippen LogP contribution is -2.44. The molecule has 0 spiro atoms. The minimum atomic E-state index is 0.0766. The van der Waals surface area contributed by atoms with Crippen LogP contribution in [0.1, 0.15) is 50.5 Å². The van der Waals surface area contributed by atoms with E-state index >= 15 is 0 Å². The Bertz CT molecular complexity index is 593. The molecular weight excluding hydrogens is 330 g/mol. The predicted molar refractivity (Wildman–Crippen MR) is 98.3 cm³/mol. The second-order valence-corrected chi connectivity index (χ2v) is 7.22. The lowest BCUT2D eigenvalue weighted by atomic mass is 10.1. The first kappa shape index (κ1) is 18.8. The number of piperidine rings is 1. The summed E-state index contributed by atoms with van der Waals surface area (Å²) in [6, 6.07) is 3.90. The van der Waals surface area contributed by atoms with Crippen molar-refractivity contribution in [1.82, 2.24) is 14.8 Å². The number of nitrogens with zero attached hydrogens (tertiary/aromatic N) is 3. The lowest BCUT2D eigenvalue weighted by Gasteiger charge is -2.33. The fourth-order valence-corrected chi connectivity index (χ4v) is 3.66. The highest BCUT2D eigenvalue weighted by atomic mass is 16.5. The lowest BCUT2D eigenvalue weighted by molar-refractivity contribution is -0.137. The Morgan fingerprint density at radius 2 is 2.15 bits per heavy atom. The summed E-state index contributed by atoms with van der Waals surface area (Å²) in [7, 11) is 0. The average Bonchev–Trinajstić information content (AvgIpc) is 2.89. The molecule has 2 aliphatic heterocycles. The fraction of sp³-hybridized carbons (Fsp3) is 0.650. The molecule has 0 aromatic carbocycles. The number of carbonyl (C=O) groups is 2. The summed E-state index contributed by atoms with van der Waals surface area (Å²) in [5.74, 6) is 0.336. The Morgan fingerprint density at radius 3 is 3.00 bits per heavy atom. The largest absolute Gasteiger partial charge is 0.372 e. The number of rotatable bonds is 6. The van der Waals surface area contributed by atoms with Crippen molar-refractivity contribution in [2.75, 3.05) is 26.2 Å². The van der Waals surface area contributed by atoms with Gasteiger partial charge >= 0.3 is 0 Å². The number of ether oxygens (including phenoxy) is 1. The number of pyridine rings is 1. The molecule has 0 radical (unpaired) electrons. The molecule has 2 aliphatic rings. The van der Waals surface area contributed by atoms with Gasteiger partial charge in [-0.3, -0.25) is 14.6 Å². The summed E-state index contributed by atoms with van der Waals surface area (Å²) < 4.78 is 5.98. The number of amides is 2. The quantitative estimate of drug-likeness (QED) is 0.782. The van der Waals surface area contributed by atoms with E-state index < -0.39 is 0 Å². The van der Waals surface area contributed by atoms with E-state index in [1.807, 2.05) is 28.1 Å².